The standard InChI is InChI=1S/C8H13NO4S/c1-3-7-5-8(13-9-7)6-14(10,11)12-4-2/h5H,3-4,6H2,1-2H3. The monoisotopic (exact) mass is 219 g/mol. The molecule has 0 fully saturated rings. The summed E-state index contributed by atoms with van der Waals surface area (Å²) in [6, 6.07) is 1.62. The minimum atomic E-state index is -3.51. The molecule has 14 heavy (non-hydrogen) atoms. The average molecular weight is 219 g/mol. The molecule has 0 bridgehead atoms. The lowest BCUT2D eigenvalue weighted by Gasteiger charge is -1.98. The second kappa shape index (κ2) is 4.56. The van der Waals surface area contributed by atoms with Gasteiger partial charge >= 0.3 is 0 Å². The normalized spacial score (nSPS) is 11.9. The van der Waals surface area contributed by atoms with Crippen LogP contribution in [0, 0.1) is 0 Å². The molecular formula is C8H13NO4S. The van der Waals surface area contributed by atoms with E-state index in [0.29, 0.717) is 5.76 Å². The lowest BCUT2D eigenvalue weighted by molar-refractivity contribution is 0.329. The Morgan fingerprint density at radius 3 is 2.71 bits per heavy atom. The summed E-state index contributed by atoms with van der Waals surface area (Å²) in [5.74, 6) is 0.0590. The van der Waals surface area contributed by atoms with Gasteiger partial charge in [-0.3, -0.25) is 4.18 Å². The summed E-state index contributed by atoms with van der Waals surface area (Å²) < 4.78 is 31.8. The van der Waals surface area contributed by atoms with E-state index in [-0.39, 0.29) is 12.4 Å². The van der Waals surface area contributed by atoms with E-state index in [2.05, 4.69) is 9.34 Å². The van der Waals surface area contributed by atoms with Crippen LogP contribution in [-0.2, 0) is 26.5 Å². The fourth-order valence-corrected chi connectivity index (χ4v) is 1.91. The molecule has 1 heterocycles. The third-order valence-electron chi connectivity index (χ3n) is 1.59. The minimum absolute atomic E-state index is 0.136. The van der Waals surface area contributed by atoms with E-state index < -0.39 is 10.1 Å². The Morgan fingerprint density at radius 1 is 1.50 bits per heavy atom. The first-order chi connectivity index (χ1) is 6.57. The van der Waals surface area contributed by atoms with Crippen molar-refractivity contribution in [3.63, 3.8) is 0 Å². The zero-order valence-electron chi connectivity index (χ0n) is 8.19. The van der Waals surface area contributed by atoms with Crippen LogP contribution in [0.15, 0.2) is 10.6 Å². The Hall–Kier alpha value is -0.880. The smallest absolute Gasteiger partial charge is 0.274 e. The Kier molecular flexibility index (Phi) is 3.65. The lowest BCUT2D eigenvalue weighted by Crippen LogP contribution is -2.07. The van der Waals surface area contributed by atoms with E-state index in [1.165, 1.54) is 0 Å². The highest BCUT2D eigenvalue weighted by Gasteiger charge is 2.15. The molecule has 0 amide bonds. The van der Waals surface area contributed by atoms with Crippen molar-refractivity contribution in [2.75, 3.05) is 6.61 Å². The zero-order chi connectivity index (χ0) is 10.6. The fourth-order valence-electron chi connectivity index (χ4n) is 0.986. The maximum atomic E-state index is 11.2. The van der Waals surface area contributed by atoms with Crippen LogP contribution in [0.2, 0.25) is 0 Å². The van der Waals surface area contributed by atoms with Crippen LogP contribution in [0.1, 0.15) is 25.3 Å². The first-order valence-electron chi connectivity index (χ1n) is 4.39. The molecule has 0 spiro atoms. The third-order valence-corrected chi connectivity index (χ3v) is 2.82. The summed E-state index contributed by atoms with van der Waals surface area (Å²) in [6.07, 6.45) is 0.720. The van der Waals surface area contributed by atoms with Gasteiger partial charge in [-0.15, -0.1) is 0 Å². The second-order valence-electron chi connectivity index (χ2n) is 2.75. The van der Waals surface area contributed by atoms with Gasteiger partial charge in [0.25, 0.3) is 10.1 Å². The van der Waals surface area contributed by atoms with Gasteiger partial charge in [0.1, 0.15) is 5.75 Å². The molecule has 1 aromatic heterocycles. The van der Waals surface area contributed by atoms with Crippen molar-refractivity contribution in [1.82, 2.24) is 5.16 Å². The summed E-state index contributed by atoms with van der Waals surface area (Å²) in [6.45, 7) is 3.67. The molecular weight excluding hydrogens is 206 g/mol. The van der Waals surface area contributed by atoms with Crippen molar-refractivity contribution in [2.24, 2.45) is 0 Å². The number of aryl methyl sites for hydroxylation is 1. The number of aromatic nitrogens is 1. The number of rotatable bonds is 5. The Bertz CT molecular complexity index is 382. The maximum Gasteiger partial charge on any atom is 0.274 e. The largest absolute Gasteiger partial charge is 0.360 e. The Balaban J connectivity index is 2.69. The van der Waals surface area contributed by atoms with Gasteiger partial charge in [0.15, 0.2) is 5.76 Å². The van der Waals surface area contributed by atoms with Gasteiger partial charge in [0.05, 0.1) is 12.3 Å². The topological polar surface area (TPSA) is 69.4 Å². The second-order valence-corrected chi connectivity index (χ2v) is 4.39. The predicted octanol–water partition coefficient (Wildman–Crippen LogP) is 1.10. The van der Waals surface area contributed by atoms with E-state index in [0.717, 1.165) is 12.1 Å². The molecule has 6 heteroatoms. The van der Waals surface area contributed by atoms with E-state index in [4.69, 9.17) is 4.52 Å². The van der Waals surface area contributed by atoms with E-state index in [1.807, 2.05) is 6.92 Å². The molecule has 1 aromatic rings. The van der Waals surface area contributed by atoms with Crippen molar-refractivity contribution >= 4 is 10.1 Å². The van der Waals surface area contributed by atoms with Gasteiger partial charge in [0.2, 0.25) is 0 Å². The van der Waals surface area contributed by atoms with Gasteiger partial charge in [-0.05, 0) is 13.3 Å². The molecule has 0 aliphatic carbocycles. The molecule has 80 valence electrons. The molecule has 0 saturated heterocycles. The van der Waals surface area contributed by atoms with Crippen molar-refractivity contribution in [2.45, 2.75) is 26.0 Å². The summed E-state index contributed by atoms with van der Waals surface area (Å²) in [7, 11) is -3.51. The van der Waals surface area contributed by atoms with Gasteiger partial charge in [-0.25, -0.2) is 0 Å². The lowest BCUT2D eigenvalue weighted by atomic mass is 10.3. The van der Waals surface area contributed by atoms with Crippen molar-refractivity contribution in [3.8, 4) is 0 Å². The molecule has 0 aromatic carbocycles. The van der Waals surface area contributed by atoms with Crippen molar-refractivity contribution < 1.29 is 17.1 Å². The average Bonchev–Trinajstić information content (AvgIpc) is 2.51. The van der Waals surface area contributed by atoms with Gasteiger partial charge in [0, 0.05) is 6.07 Å². The van der Waals surface area contributed by atoms with Crippen LogP contribution in [0.3, 0.4) is 0 Å². The van der Waals surface area contributed by atoms with Crippen LogP contribution >= 0.6 is 0 Å². The van der Waals surface area contributed by atoms with Gasteiger partial charge in [-0.1, -0.05) is 12.1 Å². The van der Waals surface area contributed by atoms with Gasteiger partial charge < -0.3 is 4.52 Å². The molecule has 1 rings (SSSR count). The van der Waals surface area contributed by atoms with Crippen LogP contribution < -0.4 is 0 Å². The quantitative estimate of drug-likeness (QED) is 0.694. The van der Waals surface area contributed by atoms with Crippen molar-refractivity contribution in [3.05, 3.63) is 17.5 Å². The summed E-state index contributed by atoms with van der Waals surface area (Å²) in [5.41, 5.74) is 0.742. The highest BCUT2D eigenvalue weighted by atomic mass is 32.2. The van der Waals surface area contributed by atoms with E-state index in [1.54, 1.807) is 13.0 Å². The first kappa shape index (κ1) is 11.2. The van der Waals surface area contributed by atoms with E-state index >= 15 is 0 Å². The SMILES string of the molecule is CCOS(=O)(=O)Cc1cc(CC)no1. The summed E-state index contributed by atoms with van der Waals surface area (Å²) in [4.78, 5) is 0. The summed E-state index contributed by atoms with van der Waals surface area (Å²) in [5, 5.41) is 3.68. The number of nitrogens with zero attached hydrogens (tertiary/aromatic N) is 1. The molecule has 0 radical (unpaired) electrons. The maximum absolute atomic E-state index is 11.2. The highest BCUT2D eigenvalue weighted by molar-refractivity contribution is 7.85. The Morgan fingerprint density at radius 2 is 2.21 bits per heavy atom. The predicted molar refractivity (Wildman–Crippen MR) is 50.1 cm³/mol. The van der Waals surface area contributed by atoms with Crippen LogP contribution in [-0.4, -0.2) is 20.2 Å². The summed E-state index contributed by atoms with van der Waals surface area (Å²) >= 11 is 0. The molecule has 0 saturated carbocycles. The molecule has 0 aliphatic heterocycles. The molecule has 0 unspecified atom stereocenters. The van der Waals surface area contributed by atoms with Crippen LogP contribution in [0.4, 0.5) is 0 Å². The van der Waals surface area contributed by atoms with Gasteiger partial charge in [-0.2, -0.15) is 8.42 Å². The van der Waals surface area contributed by atoms with E-state index in [9.17, 15) is 8.42 Å². The first-order valence-corrected chi connectivity index (χ1v) is 5.96. The van der Waals surface area contributed by atoms with Crippen LogP contribution in [0.5, 0.6) is 0 Å². The minimum Gasteiger partial charge on any atom is -0.360 e. The fraction of sp³-hybridized carbons (Fsp3) is 0.625. The number of hydrogen-bond donors (Lipinski definition) is 0. The number of hydrogen-bond acceptors (Lipinski definition) is 5. The molecule has 5 nitrogen and oxygen atoms in total. The molecule has 0 N–H and O–H groups in total. The van der Waals surface area contributed by atoms with Crippen LogP contribution in [0.25, 0.3) is 0 Å². The zero-order valence-corrected chi connectivity index (χ0v) is 9.00. The highest BCUT2D eigenvalue weighted by Crippen LogP contribution is 2.09. The molecule has 0 aliphatic rings. The molecule has 0 atom stereocenters. The Labute approximate surface area is 83.2 Å². The third kappa shape index (κ3) is 3.12. The van der Waals surface area contributed by atoms with Crippen molar-refractivity contribution in [1.29, 1.82) is 0 Å².